The zero-order valence-corrected chi connectivity index (χ0v) is 29.5. The molecular weight excluding hydrogens is 519 g/mol. The van der Waals surface area contributed by atoms with Crippen LogP contribution in [0.15, 0.2) is 0 Å². The van der Waals surface area contributed by atoms with Crippen molar-refractivity contribution in [3.8, 4) is 0 Å². The minimum absolute atomic E-state index is 0. The van der Waals surface area contributed by atoms with Crippen LogP contribution in [0.5, 0.6) is 0 Å². The van der Waals surface area contributed by atoms with Gasteiger partial charge in [-0.1, -0.05) is 206 Å². The van der Waals surface area contributed by atoms with Crippen molar-refractivity contribution in [3.63, 3.8) is 0 Å². The normalized spacial score (nSPS) is 11.7. The molecule has 0 saturated heterocycles. The third-order valence-electron chi connectivity index (χ3n) is 8.51. The molecule has 0 aromatic heterocycles. The van der Waals surface area contributed by atoms with E-state index in [-0.39, 0.29) is 26.0 Å². The predicted molar refractivity (Wildman–Crippen MR) is 180 cm³/mol. The summed E-state index contributed by atoms with van der Waals surface area (Å²) in [6, 6.07) is 0. The van der Waals surface area contributed by atoms with Gasteiger partial charge in [0.05, 0.1) is 12.4 Å². The van der Waals surface area contributed by atoms with E-state index in [4.69, 9.17) is 4.18 Å². The summed E-state index contributed by atoms with van der Waals surface area (Å²) in [4.78, 5) is 0. The van der Waals surface area contributed by atoms with Gasteiger partial charge in [-0.2, -0.15) is 8.42 Å². The summed E-state index contributed by atoms with van der Waals surface area (Å²) in [7, 11) is -3.32. The van der Waals surface area contributed by atoms with E-state index in [0.29, 0.717) is 6.61 Å². The van der Waals surface area contributed by atoms with Gasteiger partial charge in [-0.15, -0.1) is 0 Å². The van der Waals surface area contributed by atoms with Crippen LogP contribution in [-0.2, 0) is 14.3 Å². The van der Waals surface area contributed by atoms with Crippen LogP contribution in [0.25, 0.3) is 0 Å². The van der Waals surface area contributed by atoms with Crippen LogP contribution in [0.4, 0.5) is 0 Å². The molecule has 0 atom stereocenters. The van der Waals surface area contributed by atoms with Gasteiger partial charge >= 0.3 is 18.9 Å². The average molecular weight is 595 g/mol. The molecule has 0 unspecified atom stereocenters. The van der Waals surface area contributed by atoms with Crippen molar-refractivity contribution in [2.45, 2.75) is 219 Å². The SMILES string of the molecule is CCCCCCCCCCCCCCCCCCCCCCCCOS(=O)(=O)CCCCCCCCCCCC.[H-].[Li+]. The third kappa shape index (κ3) is 38.5. The number of hydrogen-bond acceptors (Lipinski definition) is 3. The van der Waals surface area contributed by atoms with Crippen molar-refractivity contribution in [2.75, 3.05) is 12.4 Å². The van der Waals surface area contributed by atoms with E-state index in [0.717, 1.165) is 32.1 Å². The summed E-state index contributed by atoms with van der Waals surface area (Å²) in [6.45, 7) is 4.92. The molecule has 0 N–H and O–H groups in total. The van der Waals surface area contributed by atoms with Crippen LogP contribution in [0, 0.1) is 0 Å². The van der Waals surface area contributed by atoms with E-state index in [2.05, 4.69) is 13.8 Å². The fourth-order valence-electron chi connectivity index (χ4n) is 5.72. The maximum atomic E-state index is 12.1. The Bertz CT molecular complexity index is 574. The van der Waals surface area contributed by atoms with E-state index in [9.17, 15) is 8.42 Å². The Labute approximate surface area is 273 Å². The molecule has 0 bridgehead atoms. The fraction of sp³-hybridized carbons (Fsp3) is 1.00. The van der Waals surface area contributed by atoms with Crippen molar-refractivity contribution in [2.24, 2.45) is 0 Å². The van der Waals surface area contributed by atoms with Crippen molar-refractivity contribution in [3.05, 3.63) is 0 Å². The molecule has 0 amide bonds. The Balaban J connectivity index is -0.00000760. The van der Waals surface area contributed by atoms with Crippen LogP contribution >= 0.6 is 0 Å². The van der Waals surface area contributed by atoms with Gasteiger partial charge in [-0.25, -0.2) is 0 Å². The number of unbranched alkanes of at least 4 members (excludes halogenated alkanes) is 30. The molecule has 0 radical (unpaired) electrons. The molecule has 0 aliphatic carbocycles. The Hall–Kier alpha value is 0.507. The summed E-state index contributed by atoms with van der Waals surface area (Å²) >= 11 is 0. The van der Waals surface area contributed by atoms with Gasteiger partial charge in [0.2, 0.25) is 0 Å². The monoisotopic (exact) mass is 595 g/mol. The molecule has 0 heterocycles. The molecule has 244 valence electrons. The number of hydrogen-bond donors (Lipinski definition) is 0. The second kappa shape index (κ2) is 36.7. The van der Waals surface area contributed by atoms with Crippen LogP contribution in [0.2, 0.25) is 0 Å². The average Bonchev–Trinajstić information content (AvgIpc) is 2.94. The number of rotatable bonds is 35. The van der Waals surface area contributed by atoms with E-state index in [1.165, 1.54) is 173 Å². The van der Waals surface area contributed by atoms with E-state index in [1.807, 2.05) is 0 Å². The molecule has 0 spiro atoms. The standard InChI is InChI=1S/C36H74O3S.Li.H/c1-3-5-7-9-11-13-15-16-17-18-19-20-21-22-23-24-25-26-27-29-31-33-35-39-40(37,38)36-34-32-30-28-14-12-10-8-6-4-2;;/h3-36H2,1-2H3;;/q;+1;-1. The van der Waals surface area contributed by atoms with Crippen LogP contribution in [-0.4, -0.2) is 20.8 Å². The second-order valence-electron chi connectivity index (χ2n) is 12.7. The quantitative estimate of drug-likeness (QED) is 0.0417. The molecule has 41 heavy (non-hydrogen) atoms. The summed E-state index contributed by atoms with van der Waals surface area (Å²) < 4.78 is 29.3. The molecule has 0 rings (SSSR count). The Kier molecular flexibility index (Phi) is 39.1. The van der Waals surface area contributed by atoms with Crippen LogP contribution < -0.4 is 18.9 Å². The first-order valence-electron chi connectivity index (χ1n) is 18.5. The van der Waals surface area contributed by atoms with Gasteiger partial charge in [0.15, 0.2) is 0 Å². The summed E-state index contributed by atoms with van der Waals surface area (Å²) in [5.74, 6) is 0.197. The van der Waals surface area contributed by atoms with Gasteiger partial charge in [-0.05, 0) is 12.8 Å². The summed E-state index contributed by atoms with van der Waals surface area (Å²) in [5.41, 5.74) is 0. The summed E-state index contributed by atoms with van der Waals surface area (Å²) in [6.07, 6.45) is 42.3. The van der Waals surface area contributed by atoms with Crippen molar-refractivity contribution in [1.29, 1.82) is 0 Å². The Morgan fingerprint density at radius 2 is 0.585 bits per heavy atom. The Morgan fingerprint density at radius 1 is 0.366 bits per heavy atom. The Morgan fingerprint density at radius 3 is 0.854 bits per heavy atom. The molecular formula is C36H75LiO3S. The minimum atomic E-state index is -3.32. The first-order chi connectivity index (χ1) is 19.6. The van der Waals surface area contributed by atoms with Gasteiger partial charge in [0.25, 0.3) is 10.1 Å². The minimum Gasteiger partial charge on any atom is -1.00 e. The van der Waals surface area contributed by atoms with Crippen molar-refractivity contribution >= 4 is 10.1 Å². The molecule has 3 nitrogen and oxygen atoms in total. The van der Waals surface area contributed by atoms with Gasteiger partial charge in [0, 0.05) is 0 Å². The van der Waals surface area contributed by atoms with Crippen LogP contribution in [0.3, 0.4) is 0 Å². The third-order valence-corrected chi connectivity index (χ3v) is 9.82. The van der Waals surface area contributed by atoms with Crippen LogP contribution in [0.1, 0.15) is 221 Å². The van der Waals surface area contributed by atoms with Gasteiger partial charge < -0.3 is 1.43 Å². The molecule has 0 aromatic rings. The zero-order chi connectivity index (χ0) is 29.2. The molecule has 0 aromatic carbocycles. The predicted octanol–water partition coefficient (Wildman–Crippen LogP) is 9.97. The van der Waals surface area contributed by atoms with Gasteiger partial charge in [0.1, 0.15) is 0 Å². The zero-order valence-electron chi connectivity index (χ0n) is 29.7. The topological polar surface area (TPSA) is 43.4 Å². The van der Waals surface area contributed by atoms with E-state index >= 15 is 0 Å². The fourth-order valence-corrected chi connectivity index (χ4v) is 6.77. The second-order valence-corrected chi connectivity index (χ2v) is 14.4. The summed E-state index contributed by atoms with van der Waals surface area (Å²) in [5, 5.41) is 0. The molecule has 0 aliphatic heterocycles. The smallest absolute Gasteiger partial charge is 1.00 e. The first-order valence-corrected chi connectivity index (χ1v) is 20.1. The van der Waals surface area contributed by atoms with E-state index in [1.54, 1.807) is 0 Å². The van der Waals surface area contributed by atoms with E-state index < -0.39 is 10.1 Å². The molecule has 0 saturated carbocycles. The van der Waals surface area contributed by atoms with Crippen molar-refractivity contribution in [1.82, 2.24) is 0 Å². The van der Waals surface area contributed by atoms with Crippen molar-refractivity contribution < 1.29 is 32.9 Å². The maximum Gasteiger partial charge on any atom is 1.00 e. The first kappa shape index (κ1) is 43.6. The van der Waals surface area contributed by atoms with Gasteiger partial charge in [-0.3, -0.25) is 4.18 Å². The maximum absolute atomic E-state index is 12.1. The molecule has 0 aliphatic rings. The molecule has 5 heteroatoms. The largest absolute Gasteiger partial charge is 1.00 e. The molecule has 0 fully saturated rings.